The maximum absolute atomic E-state index is 12.3. The zero-order valence-electron chi connectivity index (χ0n) is 14.5. The van der Waals surface area contributed by atoms with Crippen LogP contribution in [0.1, 0.15) is 45.3 Å². The largest absolute Gasteiger partial charge is 0.465 e. The number of hydrogen-bond donors (Lipinski definition) is 1. The molecule has 128 valence electrons. The Morgan fingerprint density at radius 3 is 2.64 bits per heavy atom. The quantitative estimate of drug-likeness (QED) is 0.745. The fourth-order valence-electron chi connectivity index (χ4n) is 4.09. The summed E-state index contributed by atoms with van der Waals surface area (Å²) < 4.78 is 7.13. The third-order valence-electron chi connectivity index (χ3n) is 5.26. The highest BCUT2D eigenvalue weighted by Crippen LogP contribution is 2.39. The van der Waals surface area contributed by atoms with Crippen molar-refractivity contribution in [1.29, 1.82) is 0 Å². The molecule has 1 aromatic heterocycles. The smallest absolute Gasteiger partial charge is 0.338 e. The number of aryl methyl sites for hydroxylation is 2. The number of aromatic nitrogens is 1. The Labute approximate surface area is 146 Å². The highest BCUT2D eigenvalue weighted by Gasteiger charge is 2.28. The van der Waals surface area contributed by atoms with Gasteiger partial charge in [-0.15, -0.1) is 0 Å². The topological polar surface area (TPSA) is 51.5 Å². The van der Waals surface area contributed by atoms with Crippen LogP contribution in [0.3, 0.4) is 0 Å². The summed E-state index contributed by atoms with van der Waals surface area (Å²) in [6.45, 7) is 0. The molecule has 1 aliphatic carbocycles. The van der Waals surface area contributed by atoms with Gasteiger partial charge in [-0.2, -0.15) is 0 Å². The van der Waals surface area contributed by atoms with Crippen LogP contribution in [-0.4, -0.2) is 22.8 Å². The van der Waals surface area contributed by atoms with E-state index in [9.17, 15) is 9.90 Å². The van der Waals surface area contributed by atoms with Crippen LogP contribution in [0.5, 0.6) is 0 Å². The monoisotopic (exact) mass is 335 g/mol. The number of aliphatic hydroxyl groups is 1. The Balaban J connectivity index is 2.00. The van der Waals surface area contributed by atoms with Crippen molar-refractivity contribution in [3.05, 3.63) is 70.4 Å². The molecule has 0 saturated carbocycles. The van der Waals surface area contributed by atoms with Crippen LogP contribution < -0.4 is 0 Å². The molecule has 0 saturated heterocycles. The maximum Gasteiger partial charge on any atom is 0.338 e. The normalized spacial score (nSPS) is 14.5. The lowest BCUT2D eigenvalue weighted by atomic mass is 9.95. The molecular formula is C21H21NO3. The van der Waals surface area contributed by atoms with Crippen molar-refractivity contribution in [2.24, 2.45) is 7.05 Å². The van der Waals surface area contributed by atoms with E-state index in [1.807, 2.05) is 43.4 Å². The highest BCUT2D eigenvalue weighted by molar-refractivity contribution is 6.07. The van der Waals surface area contributed by atoms with Gasteiger partial charge < -0.3 is 14.4 Å². The number of nitrogens with zero attached hydrogens (tertiary/aromatic N) is 1. The molecule has 1 atom stereocenters. The van der Waals surface area contributed by atoms with Gasteiger partial charge in [-0.1, -0.05) is 36.4 Å². The molecule has 0 radical (unpaired) electrons. The van der Waals surface area contributed by atoms with E-state index in [1.54, 1.807) is 6.07 Å². The first-order valence-electron chi connectivity index (χ1n) is 8.57. The summed E-state index contributed by atoms with van der Waals surface area (Å²) in [6.07, 6.45) is 2.33. The number of rotatable bonds is 3. The summed E-state index contributed by atoms with van der Waals surface area (Å²) in [6, 6.07) is 13.2. The summed E-state index contributed by atoms with van der Waals surface area (Å²) in [5.41, 5.74) is 5.67. The number of methoxy groups -OCH3 is 1. The number of ether oxygens (including phenoxy) is 1. The van der Waals surface area contributed by atoms with E-state index in [-0.39, 0.29) is 5.97 Å². The van der Waals surface area contributed by atoms with Crippen LogP contribution >= 0.6 is 0 Å². The van der Waals surface area contributed by atoms with Gasteiger partial charge in [0.2, 0.25) is 0 Å². The van der Waals surface area contributed by atoms with Gasteiger partial charge in [-0.05, 0) is 36.5 Å². The molecule has 4 heteroatoms. The molecular weight excluding hydrogens is 314 g/mol. The lowest BCUT2D eigenvalue weighted by Gasteiger charge is -2.16. The molecule has 4 rings (SSSR count). The van der Waals surface area contributed by atoms with Crippen molar-refractivity contribution in [2.45, 2.75) is 25.4 Å². The van der Waals surface area contributed by atoms with Crippen LogP contribution in [0.25, 0.3) is 10.9 Å². The Kier molecular flexibility index (Phi) is 3.85. The summed E-state index contributed by atoms with van der Waals surface area (Å²) in [4.78, 5) is 12.3. The third kappa shape index (κ3) is 2.36. The second-order valence-corrected chi connectivity index (χ2v) is 6.57. The van der Waals surface area contributed by atoms with Crippen molar-refractivity contribution >= 4 is 16.9 Å². The number of aliphatic hydroxyl groups excluding tert-OH is 1. The van der Waals surface area contributed by atoms with Crippen LogP contribution in [0.2, 0.25) is 0 Å². The number of carbonyl (C=O) groups is 1. The fourth-order valence-corrected chi connectivity index (χ4v) is 4.09. The lowest BCUT2D eigenvalue weighted by molar-refractivity contribution is 0.0603. The first-order valence-corrected chi connectivity index (χ1v) is 8.57. The molecule has 0 fully saturated rings. The Bertz CT molecular complexity index is 956. The Morgan fingerprint density at radius 2 is 1.92 bits per heavy atom. The fraction of sp³-hybridized carbons (Fsp3) is 0.286. The van der Waals surface area contributed by atoms with Gasteiger partial charge >= 0.3 is 5.97 Å². The molecule has 2 aromatic carbocycles. The van der Waals surface area contributed by atoms with E-state index in [1.165, 1.54) is 18.4 Å². The molecule has 0 aliphatic heterocycles. The van der Waals surface area contributed by atoms with Gasteiger partial charge in [-0.25, -0.2) is 4.79 Å². The van der Waals surface area contributed by atoms with Crippen LogP contribution in [-0.2, 0) is 24.6 Å². The van der Waals surface area contributed by atoms with Crippen molar-refractivity contribution in [3.8, 4) is 0 Å². The summed E-state index contributed by atoms with van der Waals surface area (Å²) in [7, 11) is 3.43. The molecule has 1 heterocycles. The maximum atomic E-state index is 12.3. The molecule has 1 aliphatic rings. The number of benzene rings is 2. The second kappa shape index (κ2) is 6.05. The predicted molar refractivity (Wildman–Crippen MR) is 96.8 cm³/mol. The van der Waals surface area contributed by atoms with Gasteiger partial charge in [0.1, 0.15) is 6.10 Å². The standard InChI is InChI=1S/C21H21NO3/c1-22-17-10-6-9-14(17)18-15(21(24)25-2)11-12-16(19(18)22)20(23)13-7-4-3-5-8-13/h3-5,7-8,11-12,20,23H,6,9-10H2,1-2H3. The van der Waals surface area contributed by atoms with Crippen molar-refractivity contribution in [2.75, 3.05) is 7.11 Å². The first kappa shape index (κ1) is 15.9. The summed E-state index contributed by atoms with van der Waals surface area (Å²) in [5, 5.41) is 11.9. The number of fused-ring (bicyclic) bond motifs is 3. The zero-order chi connectivity index (χ0) is 17.6. The summed E-state index contributed by atoms with van der Waals surface area (Å²) in [5.74, 6) is -0.328. The third-order valence-corrected chi connectivity index (χ3v) is 5.26. The van der Waals surface area contributed by atoms with E-state index < -0.39 is 6.10 Å². The lowest BCUT2D eigenvalue weighted by Crippen LogP contribution is -2.07. The van der Waals surface area contributed by atoms with E-state index in [2.05, 4.69) is 4.57 Å². The second-order valence-electron chi connectivity index (χ2n) is 6.57. The molecule has 25 heavy (non-hydrogen) atoms. The first-order chi connectivity index (χ1) is 12.1. The highest BCUT2D eigenvalue weighted by atomic mass is 16.5. The molecule has 4 nitrogen and oxygen atoms in total. The van der Waals surface area contributed by atoms with Crippen LogP contribution in [0.4, 0.5) is 0 Å². The van der Waals surface area contributed by atoms with Gasteiger partial charge in [-0.3, -0.25) is 0 Å². The number of hydrogen-bond acceptors (Lipinski definition) is 3. The van der Waals surface area contributed by atoms with Gasteiger partial charge in [0.05, 0.1) is 18.2 Å². The van der Waals surface area contributed by atoms with Gasteiger partial charge in [0.25, 0.3) is 0 Å². The average molecular weight is 335 g/mol. The molecule has 1 unspecified atom stereocenters. The molecule has 0 bridgehead atoms. The summed E-state index contributed by atoms with van der Waals surface area (Å²) >= 11 is 0. The van der Waals surface area contributed by atoms with Crippen LogP contribution in [0, 0.1) is 0 Å². The molecule has 3 aromatic rings. The van der Waals surface area contributed by atoms with E-state index in [4.69, 9.17) is 4.74 Å². The Morgan fingerprint density at radius 1 is 1.16 bits per heavy atom. The van der Waals surface area contributed by atoms with Crippen molar-refractivity contribution in [3.63, 3.8) is 0 Å². The number of esters is 1. The average Bonchev–Trinajstić information content (AvgIpc) is 3.24. The zero-order valence-corrected chi connectivity index (χ0v) is 14.5. The van der Waals surface area contributed by atoms with Crippen molar-refractivity contribution < 1.29 is 14.6 Å². The predicted octanol–water partition coefficient (Wildman–Crippen LogP) is 3.54. The van der Waals surface area contributed by atoms with Crippen molar-refractivity contribution in [1.82, 2.24) is 4.57 Å². The molecule has 0 amide bonds. The minimum atomic E-state index is -0.732. The van der Waals surface area contributed by atoms with E-state index in [0.717, 1.165) is 41.3 Å². The van der Waals surface area contributed by atoms with Crippen LogP contribution in [0.15, 0.2) is 42.5 Å². The van der Waals surface area contributed by atoms with E-state index >= 15 is 0 Å². The minimum Gasteiger partial charge on any atom is -0.465 e. The van der Waals surface area contributed by atoms with Gasteiger partial charge in [0, 0.05) is 23.7 Å². The molecule has 0 spiro atoms. The van der Waals surface area contributed by atoms with Gasteiger partial charge in [0.15, 0.2) is 0 Å². The SMILES string of the molecule is COC(=O)c1ccc(C(O)c2ccccc2)c2c1c1c(n2C)CCC1. The van der Waals surface area contributed by atoms with E-state index in [0.29, 0.717) is 5.56 Å². The molecule has 1 N–H and O–H groups in total. The number of carbonyl (C=O) groups excluding carboxylic acids is 1. The Hall–Kier alpha value is -2.59. The minimum absolute atomic E-state index is 0.328.